The molecule has 2 heterocycles. The lowest BCUT2D eigenvalue weighted by atomic mass is 9.86. The quantitative estimate of drug-likeness (QED) is 0.206. The molecule has 0 aliphatic carbocycles. The Balaban J connectivity index is 1.36. The Morgan fingerprint density at radius 3 is 1.18 bits per heavy atom. The SMILES string of the molecule is CC(C)(C)c1ccc(-c2nc(-c3ccc(C(C)(C)C)cc3)nc(-c3ccc(-c4ccc(-c5ccccc5)cc4)nc3)n2)cc1. The molecule has 0 amide bonds. The highest BCUT2D eigenvalue weighted by molar-refractivity contribution is 5.71. The number of pyridine rings is 1. The van der Waals surface area contributed by atoms with Crippen LogP contribution in [-0.2, 0) is 10.8 Å². The lowest BCUT2D eigenvalue weighted by Crippen LogP contribution is -2.10. The molecule has 44 heavy (non-hydrogen) atoms. The number of rotatable bonds is 5. The molecule has 0 radical (unpaired) electrons. The van der Waals surface area contributed by atoms with E-state index in [1.165, 1.54) is 22.3 Å². The fourth-order valence-corrected chi connectivity index (χ4v) is 5.16. The normalized spacial score (nSPS) is 11.9. The Morgan fingerprint density at radius 2 is 0.750 bits per heavy atom. The maximum absolute atomic E-state index is 4.94. The first-order valence-corrected chi connectivity index (χ1v) is 15.1. The van der Waals surface area contributed by atoms with Gasteiger partial charge in [0.2, 0.25) is 0 Å². The van der Waals surface area contributed by atoms with Crippen LogP contribution in [0.3, 0.4) is 0 Å². The third kappa shape index (κ3) is 6.35. The van der Waals surface area contributed by atoms with Gasteiger partial charge in [-0.3, -0.25) is 4.98 Å². The van der Waals surface area contributed by atoms with Gasteiger partial charge in [0.15, 0.2) is 17.5 Å². The van der Waals surface area contributed by atoms with Crippen molar-refractivity contribution in [1.29, 1.82) is 0 Å². The highest BCUT2D eigenvalue weighted by Crippen LogP contribution is 2.30. The highest BCUT2D eigenvalue weighted by atomic mass is 15.0. The van der Waals surface area contributed by atoms with Gasteiger partial charge in [-0.15, -0.1) is 0 Å². The van der Waals surface area contributed by atoms with Crippen molar-refractivity contribution in [2.24, 2.45) is 0 Å². The molecule has 218 valence electrons. The second kappa shape index (κ2) is 11.6. The second-order valence-corrected chi connectivity index (χ2v) is 13.3. The Kier molecular flexibility index (Phi) is 7.69. The summed E-state index contributed by atoms with van der Waals surface area (Å²) < 4.78 is 0. The Labute approximate surface area is 261 Å². The molecular formula is C40H38N4. The summed E-state index contributed by atoms with van der Waals surface area (Å²) in [6.45, 7) is 13.3. The smallest absolute Gasteiger partial charge is 0.165 e. The van der Waals surface area contributed by atoms with Crippen molar-refractivity contribution < 1.29 is 0 Å². The third-order valence-electron chi connectivity index (χ3n) is 7.96. The van der Waals surface area contributed by atoms with Crippen LogP contribution < -0.4 is 0 Å². The number of hydrogen-bond donors (Lipinski definition) is 0. The Hall–Kier alpha value is -4.96. The van der Waals surface area contributed by atoms with E-state index in [1.54, 1.807) is 0 Å². The zero-order chi connectivity index (χ0) is 30.9. The van der Waals surface area contributed by atoms with E-state index in [0.29, 0.717) is 17.5 Å². The maximum atomic E-state index is 4.94. The summed E-state index contributed by atoms with van der Waals surface area (Å²) in [5.74, 6) is 1.89. The molecule has 0 bridgehead atoms. The molecule has 0 spiro atoms. The first-order valence-electron chi connectivity index (χ1n) is 15.1. The summed E-state index contributed by atoms with van der Waals surface area (Å²) in [4.78, 5) is 19.6. The number of aromatic nitrogens is 4. The van der Waals surface area contributed by atoms with Gasteiger partial charge in [0, 0.05) is 28.5 Å². The topological polar surface area (TPSA) is 51.6 Å². The van der Waals surface area contributed by atoms with Crippen LogP contribution in [0.1, 0.15) is 52.7 Å². The summed E-state index contributed by atoms with van der Waals surface area (Å²) in [6.07, 6.45) is 1.86. The average Bonchev–Trinajstić information content (AvgIpc) is 3.04. The monoisotopic (exact) mass is 574 g/mol. The van der Waals surface area contributed by atoms with Crippen molar-refractivity contribution >= 4 is 0 Å². The van der Waals surface area contributed by atoms with E-state index in [0.717, 1.165) is 27.9 Å². The molecule has 0 saturated carbocycles. The van der Waals surface area contributed by atoms with Gasteiger partial charge >= 0.3 is 0 Å². The molecule has 6 rings (SSSR count). The zero-order valence-corrected chi connectivity index (χ0v) is 26.3. The summed E-state index contributed by atoms with van der Waals surface area (Å²) >= 11 is 0. The van der Waals surface area contributed by atoms with Gasteiger partial charge < -0.3 is 0 Å². The van der Waals surface area contributed by atoms with Crippen LogP contribution >= 0.6 is 0 Å². The molecule has 0 atom stereocenters. The van der Waals surface area contributed by atoms with E-state index >= 15 is 0 Å². The van der Waals surface area contributed by atoms with Crippen molar-refractivity contribution in [1.82, 2.24) is 19.9 Å². The van der Waals surface area contributed by atoms with Gasteiger partial charge in [0.1, 0.15) is 0 Å². The molecule has 0 fully saturated rings. The Bertz CT molecular complexity index is 1780. The van der Waals surface area contributed by atoms with Gasteiger partial charge in [-0.2, -0.15) is 0 Å². The second-order valence-electron chi connectivity index (χ2n) is 13.3. The van der Waals surface area contributed by atoms with Gasteiger partial charge in [0.25, 0.3) is 0 Å². The fourth-order valence-electron chi connectivity index (χ4n) is 5.16. The molecule has 4 nitrogen and oxygen atoms in total. The van der Waals surface area contributed by atoms with Crippen LogP contribution in [-0.4, -0.2) is 19.9 Å². The number of nitrogens with zero attached hydrogens (tertiary/aromatic N) is 4. The lowest BCUT2D eigenvalue weighted by molar-refractivity contribution is 0.590. The molecule has 0 N–H and O–H groups in total. The van der Waals surface area contributed by atoms with Crippen molar-refractivity contribution in [3.05, 3.63) is 133 Å². The minimum atomic E-state index is 0.0675. The van der Waals surface area contributed by atoms with Crippen LogP contribution in [0.15, 0.2) is 121 Å². The predicted octanol–water partition coefficient (Wildman–Crippen LogP) is 10.2. The van der Waals surface area contributed by atoms with Crippen LogP contribution in [0.5, 0.6) is 0 Å². The van der Waals surface area contributed by atoms with Crippen LogP contribution in [0, 0.1) is 0 Å². The van der Waals surface area contributed by atoms with Crippen molar-refractivity contribution in [2.45, 2.75) is 52.4 Å². The third-order valence-corrected chi connectivity index (χ3v) is 7.96. The summed E-state index contributed by atoms with van der Waals surface area (Å²) in [6, 6.07) is 40.1. The molecule has 0 saturated heterocycles. The first kappa shape index (κ1) is 29.1. The van der Waals surface area contributed by atoms with Gasteiger partial charge in [-0.25, -0.2) is 15.0 Å². The highest BCUT2D eigenvalue weighted by Gasteiger charge is 2.17. The van der Waals surface area contributed by atoms with Crippen molar-refractivity contribution in [3.63, 3.8) is 0 Å². The largest absolute Gasteiger partial charge is 0.255 e. The molecule has 2 aromatic heterocycles. The van der Waals surface area contributed by atoms with Crippen molar-refractivity contribution in [2.75, 3.05) is 0 Å². The van der Waals surface area contributed by atoms with Crippen LogP contribution in [0.2, 0.25) is 0 Å². The fraction of sp³-hybridized carbons (Fsp3) is 0.200. The molecule has 6 aromatic rings. The molecule has 0 aliphatic heterocycles. The molecule has 4 aromatic carbocycles. The standard InChI is InChI=1S/C40H38N4/c1-39(2,3)33-21-16-30(17-22-33)36-42-37(31-18-23-34(24-19-31)40(4,5)6)44-38(43-36)32-20-25-35(41-26-32)29-14-12-28(13-15-29)27-10-8-7-9-11-27/h7-26H,1-6H3. The van der Waals surface area contributed by atoms with E-state index in [1.807, 2.05) is 24.4 Å². The van der Waals surface area contributed by atoms with E-state index in [9.17, 15) is 0 Å². The summed E-state index contributed by atoms with van der Waals surface area (Å²) in [5.41, 5.74) is 9.77. The van der Waals surface area contributed by atoms with Crippen LogP contribution in [0.25, 0.3) is 56.5 Å². The number of benzene rings is 4. The molecule has 0 aliphatic rings. The van der Waals surface area contributed by atoms with Gasteiger partial charge in [-0.1, -0.05) is 145 Å². The average molecular weight is 575 g/mol. The Morgan fingerprint density at radius 1 is 0.364 bits per heavy atom. The minimum absolute atomic E-state index is 0.0675. The first-order chi connectivity index (χ1) is 21.0. The van der Waals surface area contributed by atoms with Crippen molar-refractivity contribution in [3.8, 4) is 56.5 Å². The number of hydrogen-bond acceptors (Lipinski definition) is 4. The van der Waals surface area contributed by atoms with E-state index in [2.05, 4.69) is 139 Å². The van der Waals surface area contributed by atoms with E-state index < -0.39 is 0 Å². The summed E-state index contributed by atoms with van der Waals surface area (Å²) in [5, 5.41) is 0. The van der Waals surface area contributed by atoms with E-state index in [4.69, 9.17) is 19.9 Å². The lowest BCUT2D eigenvalue weighted by Gasteiger charge is -2.19. The van der Waals surface area contributed by atoms with Crippen LogP contribution in [0.4, 0.5) is 0 Å². The minimum Gasteiger partial charge on any atom is -0.255 e. The summed E-state index contributed by atoms with van der Waals surface area (Å²) in [7, 11) is 0. The van der Waals surface area contributed by atoms with E-state index in [-0.39, 0.29) is 10.8 Å². The maximum Gasteiger partial charge on any atom is 0.165 e. The molecule has 4 heteroatoms. The van der Waals surface area contributed by atoms with Gasteiger partial charge in [-0.05, 0) is 45.2 Å². The molecular weight excluding hydrogens is 536 g/mol. The predicted molar refractivity (Wildman–Crippen MR) is 182 cm³/mol. The van der Waals surface area contributed by atoms with Gasteiger partial charge in [0.05, 0.1) is 5.69 Å². The molecule has 0 unspecified atom stereocenters. The zero-order valence-electron chi connectivity index (χ0n) is 26.3.